The summed E-state index contributed by atoms with van der Waals surface area (Å²) in [5.41, 5.74) is 3.59. The fraction of sp³-hybridized carbons (Fsp3) is 0.417. The van der Waals surface area contributed by atoms with Gasteiger partial charge in [0.1, 0.15) is 0 Å². The number of amides is 1. The zero-order valence-corrected chi connectivity index (χ0v) is 12.3. The van der Waals surface area contributed by atoms with Crippen molar-refractivity contribution in [2.24, 2.45) is 11.3 Å². The first-order valence-electron chi connectivity index (χ1n) is 5.64. The Morgan fingerprint density at radius 2 is 2.21 bits per heavy atom. The first kappa shape index (κ1) is 16.0. The van der Waals surface area contributed by atoms with Crippen LogP contribution in [0, 0.1) is 5.41 Å². The summed E-state index contributed by atoms with van der Waals surface area (Å²) in [6, 6.07) is 5.30. The second-order valence-electron chi connectivity index (χ2n) is 4.95. The van der Waals surface area contributed by atoms with Gasteiger partial charge in [-0.2, -0.15) is 0 Å². The van der Waals surface area contributed by atoms with Gasteiger partial charge in [-0.05, 0) is 37.6 Å². The summed E-state index contributed by atoms with van der Waals surface area (Å²) in [7, 11) is 0. The van der Waals surface area contributed by atoms with Crippen LogP contribution < -0.4 is 11.3 Å². The number of anilines is 1. The first-order chi connectivity index (χ1) is 8.44. The highest BCUT2D eigenvalue weighted by molar-refractivity contribution is 6.31. The number of rotatable bonds is 3. The molecule has 1 aromatic rings. The minimum Gasteiger partial charge on any atom is -0.324 e. The van der Waals surface area contributed by atoms with Crippen LogP contribution in [0.25, 0.3) is 0 Å². The molecule has 106 valence electrons. The van der Waals surface area contributed by atoms with Crippen LogP contribution in [0.3, 0.4) is 0 Å². The van der Waals surface area contributed by atoms with E-state index in [1.165, 1.54) is 5.06 Å². The Morgan fingerprint density at radius 1 is 1.53 bits per heavy atom. The Hall–Kier alpha value is -1.01. The monoisotopic (exact) mass is 305 g/mol. The van der Waals surface area contributed by atoms with Crippen LogP contribution in [0.15, 0.2) is 18.2 Å². The van der Waals surface area contributed by atoms with Gasteiger partial charge in [0.2, 0.25) is 0 Å². The molecule has 19 heavy (non-hydrogen) atoms. The van der Waals surface area contributed by atoms with Gasteiger partial charge in [0.05, 0.1) is 18.6 Å². The van der Waals surface area contributed by atoms with Gasteiger partial charge in [-0.3, -0.25) is 15.5 Å². The smallest absolute Gasteiger partial charge is 0.254 e. The van der Waals surface area contributed by atoms with E-state index in [-0.39, 0.29) is 18.3 Å². The summed E-state index contributed by atoms with van der Waals surface area (Å²) in [5.74, 6) is 5.31. The zero-order valence-electron chi connectivity index (χ0n) is 10.8. The molecule has 0 bridgehead atoms. The lowest BCUT2D eigenvalue weighted by atomic mass is 9.95. The number of carbonyl (C=O) groups is 1. The number of hydrogen-bond donors (Lipinski definition) is 2. The molecule has 0 aliphatic carbocycles. The molecule has 1 aliphatic heterocycles. The summed E-state index contributed by atoms with van der Waals surface area (Å²) in [6.45, 7) is 4.42. The summed E-state index contributed by atoms with van der Waals surface area (Å²) < 4.78 is 0. The predicted molar refractivity (Wildman–Crippen MR) is 76.8 cm³/mol. The normalized spacial score (nSPS) is 17.3. The predicted octanol–water partition coefficient (Wildman–Crippen LogP) is 2.35. The molecule has 2 rings (SSSR count). The van der Waals surface area contributed by atoms with E-state index in [0.29, 0.717) is 18.2 Å². The van der Waals surface area contributed by atoms with E-state index >= 15 is 0 Å². The van der Waals surface area contributed by atoms with E-state index < -0.39 is 5.41 Å². The molecule has 5 nitrogen and oxygen atoms in total. The van der Waals surface area contributed by atoms with E-state index in [1.807, 2.05) is 13.8 Å². The van der Waals surface area contributed by atoms with Crippen molar-refractivity contribution in [1.29, 1.82) is 0 Å². The van der Waals surface area contributed by atoms with Gasteiger partial charge in [0.25, 0.3) is 5.91 Å². The number of hydrogen-bond acceptors (Lipinski definition) is 4. The summed E-state index contributed by atoms with van der Waals surface area (Å²) in [6.07, 6.45) is 0. The van der Waals surface area contributed by atoms with Crippen LogP contribution in [-0.2, 0) is 16.2 Å². The van der Waals surface area contributed by atoms with E-state index in [9.17, 15) is 4.79 Å². The van der Waals surface area contributed by atoms with Gasteiger partial charge < -0.3 is 5.43 Å². The van der Waals surface area contributed by atoms with Crippen molar-refractivity contribution in [3.63, 3.8) is 0 Å². The number of carbonyl (C=O) groups excluding carboxylic acids is 1. The molecule has 1 fully saturated rings. The van der Waals surface area contributed by atoms with Crippen molar-refractivity contribution in [2.45, 2.75) is 20.4 Å². The number of nitrogen functional groups attached to an aromatic ring is 1. The van der Waals surface area contributed by atoms with Gasteiger partial charge >= 0.3 is 0 Å². The molecule has 1 saturated heterocycles. The highest BCUT2D eigenvalue weighted by Gasteiger charge is 2.40. The van der Waals surface area contributed by atoms with Gasteiger partial charge in [0, 0.05) is 10.7 Å². The van der Waals surface area contributed by atoms with Crippen molar-refractivity contribution < 1.29 is 9.63 Å². The van der Waals surface area contributed by atoms with Crippen LogP contribution in [0.2, 0.25) is 5.02 Å². The fourth-order valence-corrected chi connectivity index (χ4v) is 1.93. The van der Waals surface area contributed by atoms with Crippen LogP contribution in [-0.4, -0.2) is 17.6 Å². The van der Waals surface area contributed by atoms with E-state index in [4.69, 9.17) is 22.3 Å². The molecule has 1 aromatic carbocycles. The fourth-order valence-electron chi connectivity index (χ4n) is 1.76. The quantitative estimate of drug-likeness (QED) is 0.664. The molecule has 1 heterocycles. The van der Waals surface area contributed by atoms with Crippen LogP contribution in [0.4, 0.5) is 5.69 Å². The molecule has 1 amide bonds. The number of nitrogens with one attached hydrogen (secondary N) is 1. The van der Waals surface area contributed by atoms with E-state index in [0.717, 1.165) is 11.3 Å². The molecule has 7 heteroatoms. The second kappa shape index (κ2) is 5.96. The molecule has 0 spiro atoms. The number of nitrogens with zero attached hydrogens (tertiary/aromatic N) is 1. The summed E-state index contributed by atoms with van der Waals surface area (Å²) in [5, 5.41) is 1.93. The number of benzene rings is 1. The highest BCUT2D eigenvalue weighted by atomic mass is 35.5. The van der Waals surface area contributed by atoms with Gasteiger partial charge in [0.15, 0.2) is 0 Å². The summed E-state index contributed by atoms with van der Waals surface area (Å²) in [4.78, 5) is 17.4. The largest absolute Gasteiger partial charge is 0.324 e. The Kier molecular flexibility index (Phi) is 5.04. The average Bonchev–Trinajstić information content (AvgIpc) is 2.59. The SMILES string of the molecule is CC1(C)CON(Cc2cc(NN)ccc2Cl)C1=O.Cl. The van der Waals surface area contributed by atoms with Gasteiger partial charge in [-0.25, -0.2) is 5.06 Å². The third-order valence-corrected chi connectivity index (χ3v) is 3.28. The minimum atomic E-state index is -0.476. The lowest BCUT2D eigenvalue weighted by Gasteiger charge is -2.17. The Morgan fingerprint density at radius 3 is 2.74 bits per heavy atom. The molecular weight excluding hydrogens is 289 g/mol. The Labute approximate surface area is 123 Å². The molecular formula is C12H17Cl2N3O2. The average molecular weight is 306 g/mol. The zero-order chi connectivity index (χ0) is 13.3. The number of halogens is 2. The van der Waals surface area contributed by atoms with E-state index in [2.05, 4.69) is 5.43 Å². The number of hydroxylamine groups is 2. The van der Waals surface area contributed by atoms with Crippen molar-refractivity contribution in [2.75, 3.05) is 12.0 Å². The maximum Gasteiger partial charge on any atom is 0.254 e. The second-order valence-corrected chi connectivity index (χ2v) is 5.36. The molecule has 3 N–H and O–H groups in total. The van der Waals surface area contributed by atoms with Crippen molar-refractivity contribution >= 4 is 35.6 Å². The summed E-state index contributed by atoms with van der Waals surface area (Å²) >= 11 is 6.09. The van der Waals surface area contributed by atoms with Crippen molar-refractivity contribution in [3.05, 3.63) is 28.8 Å². The standard InChI is InChI=1S/C12H16ClN3O2.ClH/c1-12(2)7-18-16(11(12)17)6-8-5-9(15-14)3-4-10(8)13;/h3-5,15H,6-7,14H2,1-2H3;1H. The minimum absolute atomic E-state index is 0. The molecule has 0 saturated carbocycles. The van der Waals surface area contributed by atoms with Crippen LogP contribution in [0.1, 0.15) is 19.4 Å². The maximum atomic E-state index is 12.0. The first-order valence-corrected chi connectivity index (χ1v) is 6.02. The lowest BCUT2D eigenvalue weighted by molar-refractivity contribution is -0.165. The maximum absolute atomic E-state index is 12.0. The lowest BCUT2D eigenvalue weighted by Crippen LogP contribution is -2.30. The third-order valence-electron chi connectivity index (χ3n) is 2.91. The third kappa shape index (κ3) is 3.30. The topological polar surface area (TPSA) is 67.6 Å². The number of hydrazine groups is 1. The Balaban J connectivity index is 0.00000180. The Bertz CT molecular complexity index is 480. The molecule has 0 unspecified atom stereocenters. The van der Waals surface area contributed by atoms with Gasteiger partial charge in [-0.1, -0.05) is 11.6 Å². The van der Waals surface area contributed by atoms with Crippen molar-refractivity contribution in [1.82, 2.24) is 5.06 Å². The molecule has 1 aliphatic rings. The molecule has 0 radical (unpaired) electrons. The van der Waals surface area contributed by atoms with E-state index in [1.54, 1.807) is 18.2 Å². The van der Waals surface area contributed by atoms with Crippen LogP contribution >= 0.6 is 24.0 Å². The number of nitrogens with two attached hydrogens (primary N) is 1. The molecule has 0 atom stereocenters. The van der Waals surface area contributed by atoms with Crippen LogP contribution in [0.5, 0.6) is 0 Å². The highest BCUT2D eigenvalue weighted by Crippen LogP contribution is 2.30. The molecule has 0 aromatic heterocycles. The van der Waals surface area contributed by atoms with Crippen molar-refractivity contribution in [3.8, 4) is 0 Å². The van der Waals surface area contributed by atoms with Gasteiger partial charge in [-0.15, -0.1) is 12.4 Å².